The highest BCUT2D eigenvalue weighted by molar-refractivity contribution is 8.26. The number of fused-ring (bicyclic) bond motifs is 3. The maximum atomic E-state index is 13.1. The van der Waals surface area contributed by atoms with Gasteiger partial charge in [-0.2, -0.15) is 10.6 Å². The lowest BCUT2D eigenvalue weighted by Gasteiger charge is -2.58. The molecule has 3 atom stereocenters. The van der Waals surface area contributed by atoms with Crippen LogP contribution in [-0.2, 0) is 16.9 Å². The van der Waals surface area contributed by atoms with E-state index in [9.17, 15) is 13.9 Å². The molecule has 2 aromatic rings. The van der Waals surface area contributed by atoms with E-state index < -0.39 is 32.0 Å². The number of hydrogen-bond acceptors (Lipinski definition) is 8. The molecule has 0 fully saturated rings. The minimum Gasteiger partial charge on any atom is -0.490 e. The summed E-state index contributed by atoms with van der Waals surface area (Å²) in [6, 6.07) is 6.85. The van der Waals surface area contributed by atoms with Crippen molar-refractivity contribution in [2.24, 2.45) is 10.7 Å². The first-order chi connectivity index (χ1) is 16.3. The smallest absolute Gasteiger partial charge is 0.274 e. The van der Waals surface area contributed by atoms with Crippen molar-refractivity contribution in [2.75, 3.05) is 12.4 Å². The molecule has 0 saturated carbocycles. The number of amidine groups is 1. The monoisotopic (exact) mass is 522 g/mol. The lowest BCUT2D eigenvalue weighted by atomic mass is 9.85. The molecule has 2 aliphatic heterocycles. The number of anilines is 1. The summed E-state index contributed by atoms with van der Waals surface area (Å²) in [5, 5.41) is 2.63. The number of rotatable bonds is 4. The van der Waals surface area contributed by atoms with E-state index in [0.717, 1.165) is 0 Å². The summed E-state index contributed by atoms with van der Waals surface area (Å²) in [5.74, 6) is 0.285. The molecule has 0 saturated heterocycles. The molecule has 0 unspecified atom stereocenters. The number of aromatic nitrogens is 1. The van der Waals surface area contributed by atoms with Gasteiger partial charge in [0.2, 0.25) is 0 Å². The van der Waals surface area contributed by atoms with Gasteiger partial charge in [-0.1, -0.05) is 11.6 Å². The summed E-state index contributed by atoms with van der Waals surface area (Å²) in [6.45, 7) is 7.29. The van der Waals surface area contributed by atoms with Crippen molar-refractivity contribution in [2.45, 2.75) is 62.4 Å². The number of benzene rings is 1. The van der Waals surface area contributed by atoms with E-state index in [1.165, 1.54) is 13.3 Å². The lowest BCUT2D eigenvalue weighted by Crippen LogP contribution is -2.57. The predicted octanol–water partition coefficient (Wildman–Crippen LogP) is 4.79. The van der Waals surface area contributed by atoms with Crippen molar-refractivity contribution in [1.82, 2.24) is 4.98 Å². The molecule has 0 aliphatic carbocycles. The highest BCUT2D eigenvalue weighted by atomic mass is 35.5. The summed E-state index contributed by atoms with van der Waals surface area (Å²) >= 11 is 6.03. The Hall–Kier alpha value is -2.37. The number of halogens is 1. The number of aliphatic imine (C=N–C) groups is 1. The zero-order chi connectivity index (χ0) is 25.8. The molecule has 5 N–H and O–H groups in total. The van der Waals surface area contributed by atoms with Crippen molar-refractivity contribution < 1.29 is 23.4 Å². The van der Waals surface area contributed by atoms with Crippen LogP contribution in [0.5, 0.6) is 5.75 Å². The van der Waals surface area contributed by atoms with Crippen LogP contribution in [0.2, 0.25) is 5.02 Å². The van der Waals surface area contributed by atoms with Crippen LogP contribution in [0.1, 0.15) is 55.7 Å². The molecule has 35 heavy (non-hydrogen) atoms. The molecule has 3 heterocycles. The first kappa shape index (κ1) is 25.7. The second-order valence-electron chi connectivity index (χ2n) is 9.66. The number of pyridine rings is 1. The van der Waals surface area contributed by atoms with E-state index in [-0.39, 0.29) is 24.2 Å². The van der Waals surface area contributed by atoms with Gasteiger partial charge < -0.3 is 20.5 Å². The van der Waals surface area contributed by atoms with E-state index in [0.29, 0.717) is 34.0 Å². The van der Waals surface area contributed by atoms with Crippen molar-refractivity contribution in [3.8, 4) is 5.75 Å². The number of carbonyl (C=O) groups excluding carboxylic acids is 1. The Morgan fingerprint density at radius 3 is 2.74 bits per heavy atom. The van der Waals surface area contributed by atoms with Gasteiger partial charge in [-0.25, -0.2) is 4.98 Å². The van der Waals surface area contributed by atoms with Gasteiger partial charge in [0.05, 0.1) is 23.0 Å². The number of methoxy groups -OCH3 is 1. The number of nitrogens with two attached hydrogens (primary N) is 1. The quantitative estimate of drug-likeness (QED) is 0.452. The first-order valence-corrected chi connectivity index (χ1v) is 13.2. The lowest BCUT2D eigenvalue weighted by molar-refractivity contribution is 0.101. The maximum absolute atomic E-state index is 13.1. The van der Waals surface area contributed by atoms with Gasteiger partial charge in [0.15, 0.2) is 0 Å². The summed E-state index contributed by atoms with van der Waals surface area (Å²) in [5.41, 5.74) is 7.05. The second kappa shape index (κ2) is 8.94. The van der Waals surface area contributed by atoms with E-state index >= 15 is 0 Å². The molecule has 1 amide bonds. The molecule has 11 heteroatoms. The standard InChI is InChI=1S/C24H31ClN4O5S/c1-13-8-19-24(4,29-22(26)23(2,3)35(19,31)32)17-10-16(6-7-18(17)34-13)28-21(30)20-14(12-33-5)9-15(25)11-27-20/h6-7,9-11,13,19,31-32H,8,12H2,1-5H3,(H2,26,29)(H,28,30)/t13-,19+,24+/m0/s1. The van der Waals surface area contributed by atoms with Crippen molar-refractivity contribution in [3.05, 3.63) is 52.3 Å². The number of hydrogen-bond donors (Lipinski definition) is 4. The van der Waals surface area contributed by atoms with Gasteiger partial charge >= 0.3 is 0 Å². The first-order valence-electron chi connectivity index (χ1n) is 11.2. The zero-order valence-electron chi connectivity index (χ0n) is 20.3. The third kappa shape index (κ3) is 4.27. The van der Waals surface area contributed by atoms with Gasteiger partial charge in [-0.3, -0.25) is 18.9 Å². The molecule has 0 radical (unpaired) electrons. The molecule has 0 bridgehead atoms. The van der Waals surface area contributed by atoms with E-state index in [1.807, 2.05) is 13.8 Å². The maximum Gasteiger partial charge on any atom is 0.274 e. The Bertz CT molecular complexity index is 1200. The average molecular weight is 523 g/mol. The van der Waals surface area contributed by atoms with Crippen LogP contribution in [-0.4, -0.2) is 49.0 Å². The average Bonchev–Trinajstić information content (AvgIpc) is 2.87. The molecule has 0 spiro atoms. The highest BCUT2D eigenvalue weighted by Gasteiger charge is 2.58. The summed E-state index contributed by atoms with van der Waals surface area (Å²) in [4.78, 5) is 22.1. The summed E-state index contributed by atoms with van der Waals surface area (Å²) < 4.78 is 33.0. The third-order valence-electron chi connectivity index (χ3n) is 6.85. The van der Waals surface area contributed by atoms with Crippen molar-refractivity contribution in [3.63, 3.8) is 0 Å². The Morgan fingerprint density at radius 1 is 1.34 bits per heavy atom. The largest absolute Gasteiger partial charge is 0.490 e. The Balaban J connectivity index is 1.78. The van der Waals surface area contributed by atoms with Crippen LogP contribution in [0.15, 0.2) is 35.5 Å². The predicted molar refractivity (Wildman–Crippen MR) is 139 cm³/mol. The second-order valence-corrected chi connectivity index (χ2v) is 12.9. The minimum absolute atomic E-state index is 0.167. The molecule has 1 aromatic heterocycles. The fourth-order valence-electron chi connectivity index (χ4n) is 4.70. The number of nitrogens with one attached hydrogen (secondary N) is 1. The molecule has 2 aliphatic rings. The van der Waals surface area contributed by atoms with Crippen LogP contribution in [0.4, 0.5) is 5.69 Å². The van der Waals surface area contributed by atoms with E-state index in [4.69, 9.17) is 31.8 Å². The molecule has 9 nitrogen and oxygen atoms in total. The van der Waals surface area contributed by atoms with Gasteiger partial charge in [0.25, 0.3) is 5.91 Å². The number of ether oxygens (including phenoxy) is 2. The van der Waals surface area contributed by atoms with Crippen LogP contribution < -0.4 is 15.8 Å². The normalized spacial score (nSPS) is 27.4. The summed E-state index contributed by atoms with van der Waals surface area (Å²) in [7, 11) is -1.70. The Kier molecular flexibility index (Phi) is 6.56. The molecule has 1 aromatic carbocycles. The van der Waals surface area contributed by atoms with Gasteiger partial charge in [-0.05, 0) is 52.0 Å². The van der Waals surface area contributed by atoms with Crippen molar-refractivity contribution >= 4 is 39.6 Å². The molecule has 190 valence electrons. The zero-order valence-corrected chi connectivity index (χ0v) is 21.9. The molecule has 4 rings (SSSR count). The van der Waals surface area contributed by atoms with Crippen molar-refractivity contribution in [1.29, 1.82) is 0 Å². The van der Waals surface area contributed by atoms with Crippen LogP contribution in [0, 0.1) is 0 Å². The number of carbonyl (C=O) groups is 1. The molecular weight excluding hydrogens is 492 g/mol. The molecular formula is C24H31ClN4O5S. The topological polar surface area (TPSA) is 139 Å². The highest BCUT2D eigenvalue weighted by Crippen LogP contribution is 2.66. The fraction of sp³-hybridized carbons (Fsp3) is 0.458. The van der Waals surface area contributed by atoms with Crippen LogP contribution in [0.3, 0.4) is 0 Å². The Labute approximate surface area is 211 Å². The van der Waals surface area contributed by atoms with Gasteiger partial charge in [-0.15, -0.1) is 0 Å². The van der Waals surface area contributed by atoms with Gasteiger partial charge in [0.1, 0.15) is 27.6 Å². The minimum atomic E-state index is -3.22. The number of nitrogens with zero attached hydrogens (tertiary/aromatic N) is 2. The fourth-order valence-corrected chi connectivity index (χ4v) is 7.30. The third-order valence-corrected chi connectivity index (χ3v) is 10.2. The number of amides is 1. The summed E-state index contributed by atoms with van der Waals surface area (Å²) in [6.07, 6.45) is 1.50. The SMILES string of the molecule is COCc1cc(Cl)cnc1C(=O)Nc1ccc2c(c1)[C@@]1(C)N=C(N)C(C)(C)S(O)(O)[C@@H]1C[C@H](C)O2. The Morgan fingerprint density at radius 2 is 2.06 bits per heavy atom. The van der Waals surface area contributed by atoms with Crippen LogP contribution in [0.25, 0.3) is 0 Å². The van der Waals surface area contributed by atoms with Gasteiger partial charge in [0, 0.05) is 36.5 Å². The van der Waals surface area contributed by atoms with Crippen LogP contribution >= 0.6 is 22.2 Å². The van der Waals surface area contributed by atoms with E-state index in [1.54, 1.807) is 38.1 Å². The van der Waals surface area contributed by atoms with E-state index in [2.05, 4.69) is 10.3 Å².